The number of hydrogen-bond acceptors (Lipinski definition) is 6. The zero-order chi connectivity index (χ0) is 22.2. The Balaban J connectivity index is 1.57. The number of methoxy groups -OCH3 is 2. The molecule has 0 radical (unpaired) electrons. The van der Waals surface area contributed by atoms with Crippen LogP contribution in [0, 0.1) is 0 Å². The van der Waals surface area contributed by atoms with Gasteiger partial charge < -0.3 is 20.1 Å². The summed E-state index contributed by atoms with van der Waals surface area (Å²) in [4.78, 5) is 28.4. The molecule has 0 saturated carbocycles. The fourth-order valence-electron chi connectivity index (χ4n) is 2.73. The van der Waals surface area contributed by atoms with Gasteiger partial charge in [0.1, 0.15) is 30.2 Å². The average Bonchev–Trinajstić information content (AvgIpc) is 3.33. The van der Waals surface area contributed by atoms with Gasteiger partial charge in [-0.3, -0.25) is 9.59 Å². The molecule has 0 saturated heterocycles. The van der Waals surface area contributed by atoms with Crippen LogP contribution < -0.4 is 20.1 Å². The van der Waals surface area contributed by atoms with Crippen molar-refractivity contribution in [1.29, 1.82) is 0 Å². The van der Waals surface area contributed by atoms with E-state index < -0.39 is 6.04 Å². The molecule has 3 rings (SSSR count). The maximum atomic E-state index is 12.3. The fourth-order valence-corrected chi connectivity index (χ4v) is 2.73. The molecule has 0 spiro atoms. The van der Waals surface area contributed by atoms with Crippen molar-refractivity contribution in [1.82, 2.24) is 14.8 Å². The Bertz CT molecular complexity index is 1060. The van der Waals surface area contributed by atoms with Crippen molar-refractivity contribution in [2.45, 2.75) is 13.0 Å². The first kappa shape index (κ1) is 21.6. The Morgan fingerprint density at radius 1 is 1.03 bits per heavy atom. The maximum absolute atomic E-state index is 12.3. The molecule has 2 aromatic carbocycles. The number of amides is 2. The van der Waals surface area contributed by atoms with E-state index in [9.17, 15) is 9.59 Å². The summed E-state index contributed by atoms with van der Waals surface area (Å²) in [6.07, 6.45) is 5.94. The lowest BCUT2D eigenvalue weighted by Gasteiger charge is -2.12. The van der Waals surface area contributed by atoms with Crippen molar-refractivity contribution in [2.75, 3.05) is 24.9 Å². The number of aromatic nitrogens is 3. The zero-order valence-corrected chi connectivity index (χ0v) is 17.4. The van der Waals surface area contributed by atoms with Gasteiger partial charge in [0.15, 0.2) is 0 Å². The molecule has 1 atom stereocenters. The van der Waals surface area contributed by atoms with Crippen LogP contribution in [-0.4, -0.2) is 40.8 Å². The second kappa shape index (κ2) is 10.1. The molecule has 1 heterocycles. The molecular weight excluding hydrogens is 398 g/mol. The second-order valence-corrected chi connectivity index (χ2v) is 6.55. The topological polar surface area (TPSA) is 107 Å². The number of carbonyl (C=O) groups excluding carboxylic acids is 2. The Hall–Kier alpha value is -4.14. The van der Waals surface area contributed by atoms with Crippen molar-refractivity contribution in [3.8, 4) is 11.5 Å². The predicted octanol–water partition coefficient (Wildman–Crippen LogP) is 3.15. The highest BCUT2D eigenvalue weighted by Gasteiger charge is 2.15. The van der Waals surface area contributed by atoms with Crippen molar-refractivity contribution in [3.05, 3.63) is 66.8 Å². The molecule has 0 bridgehead atoms. The third kappa shape index (κ3) is 5.69. The Morgan fingerprint density at radius 2 is 1.74 bits per heavy atom. The van der Waals surface area contributed by atoms with Gasteiger partial charge in [0.2, 0.25) is 11.8 Å². The molecule has 31 heavy (non-hydrogen) atoms. The number of nitrogens with one attached hydrogen (secondary N) is 2. The van der Waals surface area contributed by atoms with Crippen molar-refractivity contribution in [3.63, 3.8) is 0 Å². The average molecular weight is 421 g/mol. The predicted molar refractivity (Wildman–Crippen MR) is 117 cm³/mol. The van der Waals surface area contributed by atoms with Crippen LogP contribution in [0.5, 0.6) is 11.5 Å². The van der Waals surface area contributed by atoms with Crippen molar-refractivity contribution < 1.29 is 19.1 Å². The van der Waals surface area contributed by atoms with E-state index in [-0.39, 0.29) is 11.8 Å². The maximum Gasteiger partial charge on any atom is 0.249 e. The fraction of sp³-hybridized carbons (Fsp3) is 0.182. The van der Waals surface area contributed by atoms with E-state index in [0.29, 0.717) is 22.9 Å². The minimum absolute atomic E-state index is 0.223. The number of benzene rings is 2. The summed E-state index contributed by atoms with van der Waals surface area (Å²) in [5, 5.41) is 9.53. The Labute approximate surface area is 179 Å². The minimum Gasteiger partial charge on any atom is -0.497 e. The zero-order valence-electron chi connectivity index (χ0n) is 17.4. The molecule has 9 nitrogen and oxygen atoms in total. The van der Waals surface area contributed by atoms with Crippen LogP contribution in [0.2, 0.25) is 0 Å². The molecule has 3 aromatic rings. The van der Waals surface area contributed by atoms with Crippen LogP contribution in [0.3, 0.4) is 0 Å². The standard InChI is InChI=1S/C22H23N5O4/c1-15(27-14-23-13-24-27)22(29)26-18-8-6-17(7-9-18)25-21(28)11-5-16-4-10-19(30-2)12-20(16)31-3/h4-15H,1-3H3,(H,25,28)(H,26,29)/b11-5+. The van der Waals surface area contributed by atoms with Crippen LogP contribution in [0.25, 0.3) is 6.08 Å². The number of nitrogens with zero attached hydrogens (tertiary/aromatic N) is 3. The third-order valence-electron chi connectivity index (χ3n) is 4.49. The molecule has 160 valence electrons. The normalized spacial score (nSPS) is 11.7. The van der Waals surface area contributed by atoms with Crippen LogP contribution in [0.1, 0.15) is 18.5 Å². The van der Waals surface area contributed by atoms with E-state index in [1.54, 1.807) is 69.7 Å². The van der Waals surface area contributed by atoms with E-state index in [4.69, 9.17) is 9.47 Å². The smallest absolute Gasteiger partial charge is 0.249 e. The quantitative estimate of drug-likeness (QED) is 0.541. The van der Waals surface area contributed by atoms with Gasteiger partial charge in [-0.05, 0) is 49.4 Å². The largest absolute Gasteiger partial charge is 0.497 e. The first-order chi connectivity index (χ1) is 15.0. The first-order valence-electron chi connectivity index (χ1n) is 9.46. The summed E-state index contributed by atoms with van der Waals surface area (Å²) in [6.45, 7) is 1.72. The van der Waals surface area contributed by atoms with Gasteiger partial charge in [-0.2, -0.15) is 5.10 Å². The summed E-state index contributed by atoms with van der Waals surface area (Å²) in [7, 11) is 3.13. The van der Waals surface area contributed by atoms with E-state index in [1.807, 2.05) is 0 Å². The van der Waals surface area contributed by atoms with Gasteiger partial charge in [-0.15, -0.1) is 0 Å². The van der Waals surface area contributed by atoms with Gasteiger partial charge in [0.05, 0.1) is 14.2 Å². The summed E-state index contributed by atoms with van der Waals surface area (Å²) >= 11 is 0. The molecule has 1 unspecified atom stereocenters. The van der Waals surface area contributed by atoms with E-state index >= 15 is 0 Å². The number of anilines is 2. The van der Waals surface area contributed by atoms with Crippen LogP contribution in [0.4, 0.5) is 11.4 Å². The van der Waals surface area contributed by atoms with Gasteiger partial charge >= 0.3 is 0 Å². The van der Waals surface area contributed by atoms with Gasteiger partial charge in [-0.25, -0.2) is 9.67 Å². The minimum atomic E-state index is -0.498. The highest BCUT2D eigenvalue weighted by atomic mass is 16.5. The molecule has 0 fully saturated rings. The molecule has 1 aromatic heterocycles. The van der Waals surface area contributed by atoms with Gasteiger partial charge in [0, 0.05) is 29.1 Å². The highest BCUT2D eigenvalue weighted by Crippen LogP contribution is 2.25. The number of rotatable bonds is 8. The molecule has 2 amide bonds. The van der Waals surface area contributed by atoms with E-state index in [2.05, 4.69) is 20.7 Å². The Kier molecular flexibility index (Phi) is 7.00. The highest BCUT2D eigenvalue weighted by molar-refractivity contribution is 6.02. The van der Waals surface area contributed by atoms with E-state index in [1.165, 1.54) is 23.4 Å². The summed E-state index contributed by atoms with van der Waals surface area (Å²) in [6, 6.07) is 11.7. The lowest BCUT2D eigenvalue weighted by atomic mass is 10.1. The lowest BCUT2D eigenvalue weighted by molar-refractivity contribution is -0.119. The number of carbonyl (C=O) groups is 2. The second-order valence-electron chi connectivity index (χ2n) is 6.55. The van der Waals surface area contributed by atoms with Crippen LogP contribution in [0.15, 0.2) is 61.2 Å². The monoisotopic (exact) mass is 421 g/mol. The van der Waals surface area contributed by atoms with Gasteiger partial charge in [-0.1, -0.05) is 0 Å². The van der Waals surface area contributed by atoms with Crippen molar-refractivity contribution >= 4 is 29.3 Å². The van der Waals surface area contributed by atoms with Crippen LogP contribution in [-0.2, 0) is 9.59 Å². The van der Waals surface area contributed by atoms with Gasteiger partial charge in [0.25, 0.3) is 0 Å². The molecule has 0 aliphatic heterocycles. The molecule has 2 N–H and O–H groups in total. The Morgan fingerprint density at radius 3 is 2.35 bits per heavy atom. The van der Waals surface area contributed by atoms with Crippen LogP contribution >= 0.6 is 0 Å². The molecule has 0 aliphatic rings. The number of ether oxygens (including phenoxy) is 2. The summed E-state index contributed by atoms with van der Waals surface area (Å²) in [5.41, 5.74) is 1.95. The third-order valence-corrected chi connectivity index (χ3v) is 4.49. The first-order valence-corrected chi connectivity index (χ1v) is 9.46. The lowest BCUT2D eigenvalue weighted by Crippen LogP contribution is -2.24. The molecular formula is C22H23N5O4. The molecule has 0 aliphatic carbocycles. The van der Waals surface area contributed by atoms with E-state index in [0.717, 1.165) is 5.56 Å². The van der Waals surface area contributed by atoms with Crippen molar-refractivity contribution in [2.24, 2.45) is 0 Å². The molecule has 9 heteroatoms. The number of hydrogen-bond donors (Lipinski definition) is 2. The summed E-state index contributed by atoms with van der Waals surface area (Å²) in [5.74, 6) is 0.748. The SMILES string of the molecule is COc1ccc(/C=C/C(=O)Nc2ccc(NC(=O)C(C)n3cncn3)cc2)c(OC)c1. The summed E-state index contributed by atoms with van der Waals surface area (Å²) < 4.78 is 11.9.